The zero-order chi connectivity index (χ0) is 14.9. The monoisotopic (exact) mass is 292 g/mol. The molecule has 0 amide bonds. The minimum atomic E-state index is -0.388. The summed E-state index contributed by atoms with van der Waals surface area (Å²) in [5, 5.41) is 7.24. The van der Waals surface area contributed by atoms with Crippen molar-refractivity contribution in [2.24, 2.45) is 5.92 Å². The summed E-state index contributed by atoms with van der Waals surface area (Å²) >= 11 is 0. The van der Waals surface area contributed by atoms with Crippen molar-refractivity contribution in [3.63, 3.8) is 0 Å². The van der Waals surface area contributed by atoms with Crippen LogP contribution in [0, 0.1) is 5.92 Å². The van der Waals surface area contributed by atoms with Crippen LogP contribution in [-0.4, -0.2) is 50.5 Å². The number of fused-ring (bicyclic) bond motifs is 1. The van der Waals surface area contributed by atoms with Gasteiger partial charge in [-0.2, -0.15) is 0 Å². The lowest BCUT2D eigenvalue weighted by molar-refractivity contribution is 0.0739. The maximum atomic E-state index is 11.9. The third kappa shape index (κ3) is 2.81. The van der Waals surface area contributed by atoms with Crippen molar-refractivity contribution in [3.05, 3.63) is 12.7 Å². The molecule has 0 N–H and O–H groups in total. The van der Waals surface area contributed by atoms with Gasteiger partial charge in [0.15, 0.2) is 0 Å². The summed E-state index contributed by atoms with van der Waals surface area (Å²) < 4.78 is 6.71. The van der Waals surface area contributed by atoms with Crippen LogP contribution in [0.4, 0.5) is 4.79 Å². The first-order chi connectivity index (χ1) is 10.1. The number of rotatable bonds is 4. The second-order valence-electron chi connectivity index (χ2n) is 6.76. The highest BCUT2D eigenvalue weighted by Crippen LogP contribution is 2.46. The molecule has 0 unspecified atom stereocenters. The Kier molecular flexibility index (Phi) is 3.97. The Morgan fingerprint density at radius 3 is 2.86 bits per heavy atom. The second-order valence-corrected chi connectivity index (χ2v) is 6.76. The van der Waals surface area contributed by atoms with Gasteiger partial charge < -0.3 is 4.74 Å². The number of aromatic nitrogens is 3. The molecule has 3 heterocycles. The van der Waals surface area contributed by atoms with Gasteiger partial charge in [-0.25, -0.2) is 9.36 Å². The van der Waals surface area contributed by atoms with Crippen molar-refractivity contribution in [1.82, 2.24) is 19.7 Å². The predicted molar refractivity (Wildman–Crippen MR) is 77.9 cm³/mol. The van der Waals surface area contributed by atoms with Crippen LogP contribution in [0.5, 0.6) is 0 Å². The maximum absolute atomic E-state index is 11.9. The summed E-state index contributed by atoms with van der Waals surface area (Å²) in [6, 6.07) is 0.367. The van der Waals surface area contributed by atoms with Gasteiger partial charge in [-0.05, 0) is 44.6 Å². The SMILES string of the molecule is CC(C)C[C@]12CCCN1[C@H](COC(=O)n1cnnc1)CC2. The fraction of sp³-hybridized carbons (Fsp3) is 0.800. The van der Waals surface area contributed by atoms with Gasteiger partial charge >= 0.3 is 6.09 Å². The molecule has 0 spiro atoms. The van der Waals surface area contributed by atoms with Crippen LogP contribution in [0.1, 0.15) is 46.0 Å². The number of nitrogens with zero attached hydrogens (tertiary/aromatic N) is 4. The Bertz CT molecular complexity index is 488. The molecule has 21 heavy (non-hydrogen) atoms. The number of hydrogen-bond acceptors (Lipinski definition) is 5. The topological polar surface area (TPSA) is 60.2 Å². The molecule has 0 radical (unpaired) electrons. The first kappa shape index (κ1) is 14.5. The van der Waals surface area contributed by atoms with E-state index in [9.17, 15) is 4.79 Å². The molecule has 0 aromatic carbocycles. The summed E-state index contributed by atoms with van der Waals surface area (Å²) in [6.07, 6.45) is 8.53. The molecular weight excluding hydrogens is 268 g/mol. The van der Waals surface area contributed by atoms with E-state index in [-0.39, 0.29) is 6.09 Å². The van der Waals surface area contributed by atoms with E-state index in [1.165, 1.54) is 42.9 Å². The van der Waals surface area contributed by atoms with E-state index in [4.69, 9.17) is 4.74 Å². The third-order valence-electron chi connectivity index (χ3n) is 4.85. The Balaban J connectivity index is 1.59. The molecule has 1 aromatic rings. The van der Waals surface area contributed by atoms with E-state index in [0.29, 0.717) is 24.1 Å². The molecule has 0 saturated carbocycles. The molecule has 6 heteroatoms. The van der Waals surface area contributed by atoms with Gasteiger partial charge in [0.05, 0.1) is 0 Å². The summed E-state index contributed by atoms with van der Waals surface area (Å²) in [5.74, 6) is 0.712. The summed E-state index contributed by atoms with van der Waals surface area (Å²) in [5.41, 5.74) is 0.363. The second kappa shape index (κ2) is 5.75. The molecule has 1 aromatic heterocycles. The van der Waals surface area contributed by atoms with E-state index in [0.717, 1.165) is 13.0 Å². The van der Waals surface area contributed by atoms with Gasteiger partial charge in [0, 0.05) is 11.6 Å². The predicted octanol–water partition coefficient (Wildman–Crippen LogP) is 2.31. The van der Waals surface area contributed by atoms with E-state index < -0.39 is 0 Å². The molecule has 2 aliphatic heterocycles. The summed E-state index contributed by atoms with van der Waals surface area (Å²) in [7, 11) is 0. The average Bonchev–Trinajstić information content (AvgIpc) is 3.11. The van der Waals surface area contributed by atoms with Crippen molar-refractivity contribution in [3.8, 4) is 0 Å². The van der Waals surface area contributed by atoms with Gasteiger partial charge in [0.1, 0.15) is 19.3 Å². The zero-order valence-corrected chi connectivity index (χ0v) is 12.9. The lowest BCUT2D eigenvalue weighted by Gasteiger charge is -2.36. The zero-order valence-electron chi connectivity index (χ0n) is 12.9. The molecule has 2 aliphatic rings. The standard InChI is InChI=1S/C15H24N4O2/c1-12(2)8-15-5-3-7-19(15)13(4-6-15)9-21-14(20)18-10-16-17-11-18/h10-13H,3-9H2,1-2H3/t13-,15+/m0/s1. The molecule has 0 aliphatic carbocycles. The Morgan fingerprint density at radius 1 is 1.38 bits per heavy atom. The Labute approximate surface area is 125 Å². The van der Waals surface area contributed by atoms with Crippen LogP contribution in [0.15, 0.2) is 12.7 Å². The smallest absolute Gasteiger partial charge is 0.420 e. The molecule has 3 rings (SSSR count). The number of hydrogen-bond donors (Lipinski definition) is 0. The van der Waals surface area contributed by atoms with Crippen molar-refractivity contribution in [1.29, 1.82) is 0 Å². The Morgan fingerprint density at radius 2 is 2.14 bits per heavy atom. The molecule has 2 saturated heterocycles. The molecule has 6 nitrogen and oxygen atoms in total. The minimum Gasteiger partial charge on any atom is -0.447 e. The summed E-state index contributed by atoms with van der Waals surface area (Å²) in [6.45, 7) is 6.20. The van der Waals surface area contributed by atoms with E-state index in [2.05, 4.69) is 28.9 Å². The molecule has 2 atom stereocenters. The minimum absolute atomic E-state index is 0.363. The number of ether oxygens (including phenoxy) is 1. The van der Waals surface area contributed by atoms with Gasteiger partial charge in [-0.3, -0.25) is 4.90 Å². The van der Waals surface area contributed by atoms with Crippen molar-refractivity contribution < 1.29 is 9.53 Å². The van der Waals surface area contributed by atoms with Crippen molar-refractivity contribution in [2.45, 2.75) is 57.5 Å². The van der Waals surface area contributed by atoms with Crippen molar-refractivity contribution >= 4 is 6.09 Å². The quantitative estimate of drug-likeness (QED) is 0.852. The average molecular weight is 292 g/mol. The van der Waals surface area contributed by atoms with E-state index in [1.54, 1.807) is 0 Å². The van der Waals surface area contributed by atoms with Crippen LogP contribution < -0.4 is 0 Å². The van der Waals surface area contributed by atoms with Crippen LogP contribution in [-0.2, 0) is 4.74 Å². The number of carbonyl (C=O) groups is 1. The van der Waals surface area contributed by atoms with Gasteiger partial charge in [-0.1, -0.05) is 13.8 Å². The third-order valence-corrected chi connectivity index (χ3v) is 4.85. The first-order valence-corrected chi connectivity index (χ1v) is 7.89. The lowest BCUT2D eigenvalue weighted by atomic mass is 9.85. The number of carbonyl (C=O) groups excluding carboxylic acids is 1. The molecule has 2 fully saturated rings. The van der Waals surface area contributed by atoms with Crippen molar-refractivity contribution in [2.75, 3.05) is 13.2 Å². The Hall–Kier alpha value is -1.43. The van der Waals surface area contributed by atoms with Crippen LogP contribution >= 0.6 is 0 Å². The fourth-order valence-electron chi connectivity index (χ4n) is 4.18. The van der Waals surface area contributed by atoms with Crippen LogP contribution in [0.2, 0.25) is 0 Å². The van der Waals surface area contributed by atoms with Gasteiger partial charge in [0.2, 0.25) is 0 Å². The summed E-state index contributed by atoms with van der Waals surface area (Å²) in [4.78, 5) is 14.5. The highest BCUT2D eigenvalue weighted by atomic mass is 16.5. The fourth-order valence-corrected chi connectivity index (χ4v) is 4.18. The highest BCUT2D eigenvalue weighted by molar-refractivity contribution is 5.69. The molecule has 116 valence electrons. The first-order valence-electron chi connectivity index (χ1n) is 7.89. The van der Waals surface area contributed by atoms with E-state index in [1.807, 2.05) is 0 Å². The highest BCUT2D eigenvalue weighted by Gasteiger charge is 2.49. The molecule has 0 bridgehead atoms. The van der Waals surface area contributed by atoms with E-state index >= 15 is 0 Å². The normalized spacial score (nSPS) is 29.0. The van der Waals surface area contributed by atoms with Crippen LogP contribution in [0.25, 0.3) is 0 Å². The largest absolute Gasteiger partial charge is 0.447 e. The van der Waals surface area contributed by atoms with Crippen LogP contribution in [0.3, 0.4) is 0 Å². The lowest BCUT2D eigenvalue weighted by Crippen LogP contribution is -2.45. The maximum Gasteiger partial charge on any atom is 0.420 e. The van der Waals surface area contributed by atoms with Gasteiger partial charge in [0.25, 0.3) is 0 Å². The van der Waals surface area contributed by atoms with Gasteiger partial charge in [-0.15, -0.1) is 10.2 Å². The molecular formula is C15H24N4O2.